The monoisotopic (exact) mass is 237 g/mol. The number of nitrogens with zero attached hydrogens (tertiary/aromatic N) is 3. The largest absolute Gasteiger partial charge is 0.377 e. The molecule has 0 aromatic carbocycles. The first-order valence-corrected chi connectivity index (χ1v) is 5.91. The van der Waals surface area contributed by atoms with Crippen molar-refractivity contribution in [2.75, 3.05) is 30.1 Å². The third-order valence-electron chi connectivity index (χ3n) is 2.96. The van der Waals surface area contributed by atoms with E-state index in [0.29, 0.717) is 12.0 Å². The Hall–Kier alpha value is -1.40. The Morgan fingerprint density at radius 3 is 3.12 bits per heavy atom. The SMILES string of the molecule is CCC1COCCN1c1cc(C)nc(NN)n1. The first kappa shape index (κ1) is 12.1. The number of nitrogens with one attached hydrogen (secondary N) is 1. The van der Waals surface area contributed by atoms with Crippen molar-refractivity contribution in [3.05, 3.63) is 11.8 Å². The van der Waals surface area contributed by atoms with E-state index in [1.165, 1.54) is 0 Å². The van der Waals surface area contributed by atoms with E-state index in [-0.39, 0.29) is 0 Å². The zero-order chi connectivity index (χ0) is 12.3. The van der Waals surface area contributed by atoms with Crippen molar-refractivity contribution >= 4 is 11.8 Å². The molecule has 0 saturated carbocycles. The fourth-order valence-electron chi connectivity index (χ4n) is 2.06. The zero-order valence-corrected chi connectivity index (χ0v) is 10.3. The van der Waals surface area contributed by atoms with Gasteiger partial charge in [0.1, 0.15) is 5.82 Å². The summed E-state index contributed by atoms with van der Waals surface area (Å²) in [6, 6.07) is 2.36. The molecule has 1 unspecified atom stereocenters. The van der Waals surface area contributed by atoms with Gasteiger partial charge in [-0.05, 0) is 13.3 Å². The molecule has 94 valence electrons. The van der Waals surface area contributed by atoms with Crippen LogP contribution in [0, 0.1) is 6.92 Å². The van der Waals surface area contributed by atoms with E-state index >= 15 is 0 Å². The van der Waals surface area contributed by atoms with E-state index in [1.807, 2.05) is 13.0 Å². The number of hydrogen-bond donors (Lipinski definition) is 2. The van der Waals surface area contributed by atoms with Crippen molar-refractivity contribution in [3.8, 4) is 0 Å². The topological polar surface area (TPSA) is 76.3 Å². The van der Waals surface area contributed by atoms with Crippen LogP contribution in [0.4, 0.5) is 11.8 Å². The van der Waals surface area contributed by atoms with Crippen molar-refractivity contribution in [1.29, 1.82) is 0 Å². The van der Waals surface area contributed by atoms with Crippen LogP contribution in [0.25, 0.3) is 0 Å². The van der Waals surface area contributed by atoms with Gasteiger partial charge in [-0.15, -0.1) is 0 Å². The summed E-state index contributed by atoms with van der Waals surface area (Å²) in [6.07, 6.45) is 1.04. The molecule has 2 rings (SSSR count). The second kappa shape index (κ2) is 5.29. The molecule has 1 aromatic rings. The molecule has 0 spiro atoms. The molecule has 1 fully saturated rings. The van der Waals surface area contributed by atoms with E-state index in [4.69, 9.17) is 10.6 Å². The molecule has 2 heterocycles. The van der Waals surface area contributed by atoms with Gasteiger partial charge in [0.05, 0.1) is 19.3 Å². The number of morpholine rings is 1. The molecule has 1 aromatic heterocycles. The lowest BCUT2D eigenvalue weighted by Gasteiger charge is -2.36. The molecule has 0 bridgehead atoms. The van der Waals surface area contributed by atoms with Crippen molar-refractivity contribution < 1.29 is 4.74 Å². The molecule has 1 aliphatic heterocycles. The highest BCUT2D eigenvalue weighted by molar-refractivity contribution is 5.45. The highest BCUT2D eigenvalue weighted by atomic mass is 16.5. The molecule has 0 aliphatic carbocycles. The summed E-state index contributed by atoms with van der Waals surface area (Å²) in [5, 5.41) is 0. The number of hydrogen-bond acceptors (Lipinski definition) is 6. The van der Waals surface area contributed by atoms with E-state index in [0.717, 1.165) is 37.7 Å². The molecule has 0 radical (unpaired) electrons. The van der Waals surface area contributed by atoms with Crippen LogP contribution in [0.3, 0.4) is 0 Å². The summed E-state index contributed by atoms with van der Waals surface area (Å²) in [5.41, 5.74) is 3.41. The lowest BCUT2D eigenvalue weighted by molar-refractivity contribution is 0.0925. The Morgan fingerprint density at radius 2 is 2.41 bits per heavy atom. The van der Waals surface area contributed by atoms with Gasteiger partial charge in [0.2, 0.25) is 5.95 Å². The quantitative estimate of drug-likeness (QED) is 0.595. The molecule has 0 amide bonds. The Bertz CT molecular complexity index is 384. The number of nitrogen functional groups attached to an aromatic ring is 1. The third-order valence-corrected chi connectivity index (χ3v) is 2.96. The maximum Gasteiger partial charge on any atom is 0.239 e. The van der Waals surface area contributed by atoms with Gasteiger partial charge in [-0.2, -0.15) is 4.98 Å². The number of nitrogens with two attached hydrogens (primary N) is 1. The number of rotatable bonds is 3. The van der Waals surface area contributed by atoms with Crippen molar-refractivity contribution in [3.63, 3.8) is 0 Å². The highest BCUT2D eigenvalue weighted by Gasteiger charge is 2.23. The third kappa shape index (κ3) is 2.65. The van der Waals surface area contributed by atoms with Gasteiger partial charge < -0.3 is 9.64 Å². The zero-order valence-electron chi connectivity index (χ0n) is 10.3. The molecule has 1 aliphatic rings. The van der Waals surface area contributed by atoms with E-state index in [1.54, 1.807) is 0 Å². The number of aryl methyl sites for hydroxylation is 1. The van der Waals surface area contributed by atoms with Gasteiger partial charge in [0.15, 0.2) is 0 Å². The first-order valence-electron chi connectivity index (χ1n) is 5.91. The van der Waals surface area contributed by atoms with Gasteiger partial charge in [0, 0.05) is 18.3 Å². The predicted molar refractivity (Wildman–Crippen MR) is 66.8 cm³/mol. The number of hydrazine groups is 1. The van der Waals surface area contributed by atoms with Gasteiger partial charge in [-0.25, -0.2) is 10.8 Å². The first-order chi connectivity index (χ1) is 8.24. The van der Waals surface area contributed by atoms with Gasteiger partial charge >= 0.3 is 0 Å². The molecular weight excluding hydrogens is 218 g/mol. The summed E-state index contributed by atoms with van der Waals surface area (Å²) in [5.74, 6) is 6.74. The summed E-state index contributed by atoms with van der Waals surface area (Å²) < 4.78 is 5.49. The summed E-state index contributed by atoms with van der Waals surface area (Å²) in [4.78, 5) is 10.9. The molecule has 1 atom stereocenters. The number of aromatic nitrogens is 2. The summed E-state index contributed by atoms with van der Waals surface area (Å²) in [6.45, 7) is 6.45. The Kier molecular flexibility index (Phi) is 3.75. The Labute approximate surface area is 101 Å². The molecule has 1 saturated heterocycles. The Morgan fingerprint density at radius 1 is 1.59 bits per heavy atom. The minimum absolute atomic E-state index is 0.378. The van der Waals surface area contributed by atoms with Crippen molar-refractivity contribution in [2.24, 2.45) is 5.84 Å². The van der Waals surface area contributed by atoms with Crippen LogP contribution in [-0.4, -0.2) is 35.8 Å². The van der Waals surface area contributed by atoms with Gasteiger partial charge in [-0.1, -0.05) is 6.92 Å². The minimum atomic E-state index is 0.378. The van der Waals surface area contributed by atoms with Crippen LogP contribution in [0.1, 0.15) is 19.0 Å². The molecule has 3 N–H and O–H groups in total. The lowest BCUT2D eigenvalue weighted by atomic mass is 10.2. The Balaban J connectivity index is 2.27. The van der Waals surface area contributed by atoms with Crippen LogP contribution in [0.5, 0.6) is 0 Å². The van der Waals surface area contributed by atoms with E-state index in [2.05, 4.69) is 27.2 Å². The van der Waals surface area contributed by atoms with Crippen LogP contribution >= 0.6 is 0 Å². The lowest BCUT2D eigenvalue weighted by Crippen LogP contribution is -2.45. The standard InChI is InChI=1S/C11H19N5O/c1-3-9-7-17-5-4-16(9)10-6-8(2)13-11(14-10)15-12/h6,9H,3-5,7,12H2,1-2H3,(H,13,14,15). The second-order valence-corrected chi connectivity index (χ2v) is 4.17. The fourth-order valence-corrected chi connectivity index (χ4v) is 2.06. The molecule has 17 heavy (non-hydrogen) atoms. The fraction of sp³-hybridized carbons (Fsp3) is 0.636. The molecule has 6 nitrogen and oxygen atoms in total. The molecular formula is C11H19N5O. The maximum absolute atomic E-state index is 5.49. The summed E-state index contributed by atoms with van der Waals surface area (Å²) in [7, 11) is 0. The maximum atomic E-state index is 5.49. The number of ether oxygens (including phenoxy) is 1. The van der Waals surface area contributed by atoms with Crippen LogP contribution in [0.15, 0.2) is 6.07 Å². The average molecular weight is 237 g/mol. The summed E-state index contributed by atoms with van der Waals surface area (Å²) >= 11 is 0. The van der Waals surface area contributed by atoms with Crippen LogP contribution in [-0.2, 0) is 4.74 Å². The van der Waals surface area contributed by atoms with E-state index < -0.39 is 0 Å². The minimum Gasteiger partial charge on any atom is -0.377 e. The predicted octanol–water partition coefficient (Wildman–Crippen LogP) is 0.686. The van der Waals surface area contributed by atoms with Gasteiger partial charge in [0.25, 0.3) is 0 Å². The average Bonchev–Trinajstić information content (AvgIpc) is 2.37. The van der Waals surface area contributed by atoms with Gasteiger partial charge in [-0.3, -0.25) is 5.43 Å². The van der Waals surface area contributed by atoms with Crippen molar-refractivity contribution in [1.82, 2.24) is 9.97 Å². The highest BCUT2D eigenvalue weighted by Crippen LogP contribution is 2.20. The normalized spacial score (nSPS) is 20.4. The number of anilines is 2. The second-order valence-electron chi connectivity index (χ2n) is 4.17. The van der Waals surface area contributed by atoms with Crippen LogP contribution < -0.4 is 16.2 Å². The molecule has 6 heteroatoms. The van der Waals surface area contributed by atoms with Crippen LogP contribution in [0.2, 0.25) is 0 Å². The smallest absolute Gasteiger partial charge is 0.239 e. The van der Waals surface area contributed by atoms with E-state index in [9.17, 15) is 0 Å². The van der Waals surface area contributed by atoms with Crippen molar-refractivity contribution in [2.45, 2.75) is 26.3 Å².